The van der Waals surface area contributed by atoms with Crippen molar-refractivity contribution in [1.29, 1.82) is 0 Å². The van der Waals surface area contributed by atoms with Crippen molar-refractivity contribution in [2.75, 3.05) is 0 Å². The molecule has 0 bridgehead atoms. The Hall–Kier alpha value is -2.49. The van der Waals surface area contributed by atoms with Crippen molar-refractivity contribution in [3.05, 3.63) is 60.7 Å². The van der Waals surface area contributed by atoms with Gasteiger partial charge in [-0.3, -0.25) is 9.78 Å². The lowest BCUT2D eigenvalue weighted by Crippen LogP contribution is -2.34. The lowest BCUT2D eigenvalue weighted by Gasteiger charge is -2.40. The van der Waals surface area contributed by atoms with Crippen molar-refractivity contribution in [3.63, 3.8) is 0 Å². The number of aromatic nitrogens is 1. The molecule has 2 aliphatic carbocycles. The molecule has 1 aromatic heterocycles. The molecule has 152 valence electrons. The van der Waals surface area contributed by atoms with E-state index in [9.17, 15) is 9.18 Å². The predicted molar refractivity (Wildman–Crippen MR) is 112 cm³/mol. The number of ether oxygens (including phenoxy) is 1. The van der Waals surface area contributed by atoms with E-state index < -0.39 is 0 Å². The normalized spacial score (nSPS) is 27.7. The van der Waals surface area contributed by atoms with E-state index in [1.165, 1.54) is 50.7 Å². The van der Waals surface area contributed by atoms with Crippen LogP contribution in [0.2, 0.25) is 0 Å². The van der Waals surface area contributed by atoms with Gasteiger partial charge in [-0.2, -0.15) is 0 Å². The minimum Gasteiger partial charge on any atom is -0.462 e. The molecule has 3 nitrogen and oxygen atoms in total. The first-order chi connectivity index (χ1) is 14.1. The van der Waals surface area contributed by atoms with Crippen molar-refractivity contribution in [1.82, 2.24) is 4.98 Å². The first-order valence-corrected chi connectivity index (χ1v) is 10.7. The van der Waals surface area contributed by atoms with Gasteiger partial charge in [0.2, 0.25) is 0 Å². The molecule has 5 rings (SSSR count). The second-order valence-corrected chi connectivity index (χ2v) is 8.45. The van der Waals surface area contributed by atoms with Crippen LogP contribution in [0.25, 0.3) is 17.2 Å². The van der Waals surface area contributed by atoms with Crippen LogP contribution in [0.15, 0.2) is 49.2 Å². The molecular weight excluding hydrogens is 365 g/mol. The maximum atomic E-state index is 12.7. The van der Waals surface area contributed by atoms with E-state index in [0.717, 1.165) is 28.7 Å². The Morgan fingerprint density at radius 2 is 1.66 bits per heavy atom. The van der Waals surface area contributed by atoms with Crippen LogP contribution in [0.5, 0.6) is 0 Å². The summed E-state index contributed by atoms with van der Waals surface area (Å²) < 4.78 is 18.1. The zero-order valence-electron chi connectivity index (χ0n) is 16.7. The van der Waals surface area contributed by atoms with Crippen LogP contribution in [0, 0.1) is 23.6 Å². The first-order valence-electron chi connectivity index (χ1n) is 10.7. The highest BCUT2D eigenvalue weighted by Gasteiger charge is 2.44. The number of carbonyl (C=O) groups excluding carboxylic acids is 1. The molecule has 0 radical (unpaired) electrons. The second kappa shape index (κ2) is 8.89. The summed E-state index contributed by atoms with van der Waals surface area (Å²) >= 11 is 0. The zero-order chi connectivity index (χ0) is 20.2. The van der Waals surface area contributed by atoms with Gasteiger partial charge >= 0.3 is 5.97 Å². The van der Waals surface area contributed by atoms with E-state index in [1.54, 1.807) is 24.4 Å². The van der Waals surface area contributed by atoms with E-state index in [-0.39, 0.29) is 11.8 Å². The molecule has 4 heteroatoms. The average molecular weight is 394 g/mol. The summed E-state index contributed by atoms with van der Waals surface area (Å²) in [4.78, 5) is 15.4. The molecule has 4 atom stereocenters. The molecule has 0 spiro atoms. The Bertz CT molecular complexity index is 822. The van der Waals surface area contributed by atoms with Gasteiger partial charge < -0.3 is 4.74 Å². The van der Waals surface area contributed by atoms with E-state index in [1.807, 2.05) is 12.1 Å². The number of carbonyl (C=O) groups is 1. The van der Waals surface area contributed by atoms with E-state index in [4.69, 9.17) is 4.74 Å². The summed E-state index contributed by atoms with van der Waals surface area (Å²) in [6, 6.07) is 10.2. The smallest absolute Gasteiger partial charge is 0.306 e. The van der Waals surface area contributed by atoms with Crippen LogP contribution in [0.3, 0.4) is 0 Å². The lowest BCUT2D eigenvalue weighted by molar-refractivity contribution is -0.142. The minimum absolute atomic E-state index is 0.0543. The van der Waals surface area contributed by atoms with Gasteiger partial charge in [-0.05, 0) is 54.5 Å². The number of hydrogen-bond donors (Lipinski definition) is 0. The molecule has 2 saturated carbocycles. The summed E-state index contributed by atoms with van der Waals surface area (Å²) in [7, 11) is 0. The highest BCUT2D eigenvalue weighted by Crippen LogP contribution is 2.46. The van der Waals surface area contributed by atoms with Crippen LogP contribution >= 0.6 is 0 Å². The molecule has 29 heavy (non-hydrogen) atoms. The number of hydrogen-bond acceptors (Lipinski definition) is 3. The molecule has 4 unspecified atom stereocenters. The fourth-order valence-corrected chi connectivity index (χ4v) is 5.07. The Labute approximate surface area is 172 Å². The van der Waals surface area contributed by atoms with Gasteiger partial charge in [-0.1, -0.05) is 50.5 Å². The number of nitrogens with zero attached hydrogens (tertiary/aromatic N) is 1. The second-order valence-electron chi connectivity index (χ2n) is 8.45. The number of fused-ring (bicyclic) bond motifs is 2. The Morgan fingerprint density at radius 1 is 0.966 bits per heavy atom. The van der Waals surface area contributed by atoms with Gasteiger partial charge in [-0.25, -0.2) is 4.39 Å². The summed E-state index contributed by atoms with van der Waals surface area (Å²) in [5, 5.41) is 0. The lowest BCUT2D eigenvalue weighted by atomic mass is 9.66. The Morgan fingerprint density at radius 3 is 2.31 bits per heavy atom. The van der Waals surface area contributed by atoms with Crippen LogP contribution in [-0.4, -0.2) is 17.1 Å². The SMILES string of the molecule is C=Cc1ccc(-c2ccc(F)cc2)cn1.O=C1CC2CC3CCCCC3CC2O1. The van der Waals surface area contributed by atoms with E-state index in [0.29, 0.717) is 18.4 Å². The maximum absolute atomic E-state index is 12.7. The highest BCUT2D eigenvalue weighted by molar-refractivity contribution is 5.72. The molecule has 3 aliphatic rings. The third-order valence-corrected chi connectivity index (χ3v) is 6.62. The van der Waals surface area contributed by atoms with Crippen molar-refractivity contribution in [2.24, 2.45) is 17.8 Å². The predicted octanol–water partition coefficient (Wildman–Crippen LogP) is 6.05. The minimum atomic E-state index is -0.227. The van der Waals surface area contributed by atoms with Gasteiger partial charge in [0.1, 0.15) is 11.9 Å². The number of rotatable bonds is 2. The van der Waals surface area contributed by atoms with Gasteiger partial charge in [0.05, 0.1) is 12.1 Å². The standard InChI is InChI=1S/C13H10FN.C12H18O2/c1-2-13-8-5-11(9-15-13)10-3-6-12(14)7-4-10;13-12-7-10-5-8-3-1-2-4-9(8)6-11(10)14-12/h2-9H,1H2;8-11H,1-7H2. The summed E-state index contributed by atoms with van der Waals surface area (Å²) in [5.74, 6) is 2.19. The molecule has 1 saturated heterocycles. The van der Waals surface area contributed by atoms with Gasteiger partial charge in [0, 0.05) is 17.7 Å². The third-order valence-electron chi connectivity index (χ3n) is 6.62. The summed E-state index contributed by atoms with van der Waals surface area (Å²) in [6.07, 6.45) is 12.5. The van der Waals surface area contributed by atoms with Crippen LogP contribution in [0.4, 0.5) is 4.39 Å². The fraction of sp³-hybridized carbons (Fsp3) is 0.440. The molecule has 2 heterocycles. The molecular formula is C25H28FNO2. The molecule has 1 aliphatic heterocycles. The highest BCUT2D eigenvalue weighted by atomic mass is 19.1. The Balaban J connectivity index is 0.000000141. The van der Waals surface area contributed by atoms with Crippen molar-refractivity contribution in [3.8, 4) is 11.1 Å². The molecule has 3 fully saturated rings. The van der Waals surface area contributed by atoms with Crippen LogP contribution in [-0.2, 0) is 9.53 Å². The largest absolute Gasteiger partial charge is 0.462 e. The monoisotopic (exact) mass is 393 g/mol. The summed E-state index contributed by atoms with van der Waals surface area (Å²) in [5.41, 5.74) is 2.76. The maximum Gasteiger partial charge on any atom is 0.306 e. The molecule has 1 aromatic carbocycles. The topological polar surface area (TPSA) is 39.2 Å². The average Bonchev–Trinajstić information content (AvgIpc) is 3.12. The van der Waals surface area contributed by atoms with Crippen LogP contribution < -0.4 is 0 Å². The van der Waals surface area contributed by atoms with Crippen LogP contribution in [0.1, 0.15) is 50.6 Å². The van der Waals surface area contributed by atoms with Gasteiger partial charge in [0.25, 0.3) is 0 Å². The van der Waals surface area contributed by atoms with Gasteiger partial charge in [-0.15, -0.1) is 0 Å². The fourth-order valence-electron chi connectivity index (χ4n) is 5.07. The number of esters is 1. The molecule has 0 amide bonds. The van der Waals surface area contributed by atoms with Crippen molar-refractivity contribution < 1.29 is 13.9 Å². The third kappa shape index (κ3) is 4.75. The Kier molecular flexibility index (Phi) is 6.08. The first kappa shape index (κ1) is 19.8. The molecule has 2 aromatic rings. The number of benzene rings is 1. The molecule has 0 N–H and O–H groups in total. The van der Waals surface area contributed by atoms with E-state index >= 15 is 0 Å². The van der Waals surface area contributed by atoms with E-state index in [2.05, 4.69) is 11.6 Å². The summed E-state index contributed by atoms with van der Waals surface area (Å²) in [6.45, 7) is 3.63. The van der Waals surface area contributed by atoms with Gasteiger partial charge in [0.15, 0.2) is 0 Å². The number of halogens is 1. The van der Waals surface area contributed by atoms with Crippen molar-refractivity contribution in [2.45, 2.75) is 51.0 Å². The quantitative estimate of drug-likeness (QED) is 0.583. The van der Waals surface area contributed by atoms with Crippen molar-refractivity contribution >= 4 is 12.0 Å². The number of pyridine rings is 1. The zero-order valence-corrected chi connectivity index (χ0v) is 16.7.